The van der Waals surface area contributed by atoms with Crippen LogP contribution in [0.3, 0.4) is 0 Å². The molecule has 1 saturated carbocycles. The van der Waals surface area contributed by atoms with E-state index < -0.39 is 29.5 Å². The van der Waals surface area contributed by atoms with Gasteiger partial charge < -0.3 is 29.1 Å². The van der Waals surface area contributed by atoms with E-state index in [-0.39, 0.29) is 48.7 Å². The molecule has 5 aromatic rings. The third-order valence-corrected chi connectivity index (χ3v) is 15.8. The Morgan fingerprint density at radius 3 is 2.37 bits per heavy atom. The first kappa shape index (κ1) is 51.3. The van der Waals surface area contributed by atoms with E-state index >= 15 is 0 Å². The molecule has 0 bridgehead atoms. The molecule has 0 spiro atoms. The zero-order valence-corrected chi connectivity index (χ0v) is 43.2. The van der Waals surface area contributed by atoms with Crippen molar-refractivity contribution in [1.82, 2.24) is 14.8 Å². The number of aliphatic hydroxyl groups is 1. The summed E-state index contributed by atoms with van der Waals surface area (Å²) in [5.41, 5.74) is 10.2. The van der Waals surface area contributed by atoms with Crippen molar-refractivity contribution >= 4 is 57.3 Å². The lowest BCUT2D eigenvalue weighted by Crippen LogP contribution is -2.52. The van der Waals surface area contributed by atoms with Gasteiger partial charge in [0.15, 0.2) is 17.3 Å². The molecular formula is C58H64N4O7S2. The number of aromatic nitrogens is 1. The van der Waals surface area contributed by atoms with Crippen LogP contribution in [0.1, 0.15) is 104 Å². The summed E-state index contributed by atoms with van der Waals surface area (Å²) in [6.45, 7) is 26.2. The summed E-state index contributed by atoms with van der Waals surface area (Å²) in [6.07, 6.45) is 1.39. The molecule has 3 unspecified atom stereocenters. The second kappa shape index (κ2) is 22.2. The molecule has 0 radical (unpaired) electrons. The van der Waals surface area contributed by atoms with Gasteiger partial charge in [-0.15, -0.1) is 11.3 Å². The molecular weight excluding hydrogens is 929 g/mol. The molecule has 1 aromatic heterocycles. The summed E-state index contributed by atoms with van der Waals surface area (Å²) in [7, 11) is 0. The van der Waals surface area contributed by atoms with E-state index in [1.54, 1.807) is 22.3 Å². The number of Topliss-reactive ketones (excluding diaryl/α,β-unsaturated/α-hetero) is 2. The molecule has 11 nitrogen and oxygen atoms in total. The van der Waals surface area contributed by atoms with Gasteiger partial charge in [0.05, 0.1) is 53.9 Å². The third kappa shape index (κ3) is 10.9. The molecule has 2 fully saturated rings. The number of aliphatic hydroxyl groups excluding tert-OH is 1. The second-order valence-electron chi connectivity index (χ2n) is 20.0. The van der Waals surface area contributed by atoms with Crippen LogP contribution < -0.4 is 9.47 Å². The van der Waals surface area contributed by atoms with Crippen LogP contribution in [-0.4, -0.2) is 93.4 Å². The Bertz CT molecular complexity index is 2850. The van der Waals surface area contributed by atoms with Gasteiger partial charge in [-0.1, -0.05) is 113 Å². The van der Waals surface area contributed by atoms with Gasteiger partial charge in [-0.25, -0.2) is 9.83 Å². The standard InChI is InChI=1S/C58H64N4O7S2/c1-35(2)53(61-32-43-13-9-10-14-46(43)38(61)5)57(66)62-33-44(63)31-48(62)49(64)24-20-39-15-16-42(55-37(4)60-34-71-55)30-50(39)69-28-12-26-67-25-11-27-68-45-21-17-40(18-22-45)52-54(70)51(56(65)58(52,6)7)41-19-23-47(59-8)36(3)29-41/h9-10,13-19,21-23,29-30,34-35,44,48,51-53,63H,5,11-12,20,24-28,31-33H2,1-4,6-7H3/t44-,48?,51?,52?,53+/m1/s1. The van der Waals surface area contributed by atoms with Gasteiger partial charge in [-0.3, -0.25) is 14.4 Å². The minimum Gasteiger partial charge on any atom is -0.494 e. The van der Waals surface area contributed by atoms with Crippen molar-refractivity contribution in [2.75, 3.05) is 33.0 Å². The highest BCUT2D eigenvalue weighted by Crippen LogP contribution is 2.51. The number of carbonyl (C=O) groups excluding carboxylic acids is 3. The molecule has 4 aromatic carbocycles. The molecule has 3 aliphatic rings. The van der Waals surface area contributed by atoms with Gasteiger partial charge in [0.25, 0.3) is 0 Å². The summed E-state index contributed by atoms with van der Waals surface area (Å²) in [6, 6.07) is 26.3. The molecule has 71 heavy (non-hydrogen) atoms. The molecule has 1 aliphatic carbocycles. The van der Waals surface area contributed by atoms with Crippen molar-refractivity contribution in [2.45, 2.75) is 110 Å². The Hall–Kier alpha value is -6.04. The number of rotatable bonds is 20. The zero-order chi connectivity index (χ0) is 50.6. The summed E-state index contributed by atoms with van der Waals surface area (Å²) >= 11 is 7.57. The number of carbonyl (C=O) groups is 3. The molecule has 1 N–H and O–H groups in total. The van der Waals surface area contributed by atoms with Gasteiger partial charge >= 0.3 is 0 Å². The summed E-state index contributed by atoms with van der Waals surface area (Å²) in [5.74, 6) is 0.517. The van der Waals surface area contributed by atoms with Crippen LogP contribution >= 0.6 is 23.6 Å². The number of likely N-dealkylation sites (tertiary alicyclic amines) is 1. The minimum atomic E-state index is -0.778. The van der Waals surface area contributed by atoms with Gasteiger partial charge in [0.2, 0.25) is 5.91 Å². The van der Waals surface area contributed by atoms with Gasteiger partial charge in [0, 0.05) is 79.4 Å². The molecule has 3 heterocycles. The number of nitrogens with zero attached hydrogens (tertiary/aromatic N) is 4. The summed E-state index contributed by atoms with van der Waals surface area (Å²) < 4.78 is 18.4. The minimum absolute atomic E-state index is 0.0496. The maximum absolute atomic E-state index is 14.4. The quantitative estimate of drug-likeness (QED) is 0.0458. The van der Waals surface area contributed by atoms with E-state index in [9.17, 15) is 19.5 Å². The first-order valence-corrected chi connectivity index (χ1v) is 26.0. The van der Waals surface area contributed by atoms with Crippen LogP contribution in [0.5, 0.6) is 11.5 Å². The molecule has 1 amide bonds. The van der Waals surface area contributed by atoms with Crippen LogP contribution in [-0.2, 0) is 32.1 Å². The molecule has 13 heteroatoms. The molecule has 370 valence electrons. The largest absolute Gasteiger partial charge is 0.494 e. The lowest BCUT2D eigenvalue weighted by molar-refractivity contribution is -0.142. The lowest BCUT2D eigenvalue weighted by atomic mass is 9.77. The van der Waals surface area contributed by atoms with Crippen molar-refractivity contribution in [1.29, 1.82) is 0 Å². The van der Waals surface area contributed by atoms with Crippen LogP contribution in [0.25, 0.3) is 21.0 Å². The number of ether oxygens (including phenoxy) is 3. The Morgan fingerprint density at radius 1 is 0.972 bits per heavy atom. The van der Waals surface area contributed by atoms with Crippen LogP contribution in [0, 0.1) is 31.8 Å². The number of amides is 1. The maximum Gasteiger partial charge on any atom is 0.246 e. The average Bonchev–Trinajstić information content (AvgIpc) is 4.10. The molecule has 1 saturated heterocycles. The van der Waals surface area contributed by atoms with Crippen molar-refractivity contribution in [3.8, 4) is 21.9 Å². The number of aryl methyl sites for hydroxylation is 3. The Labute approximate surface area is 427 Å². The van der Waals surface area contributed by atoms with Crippen molar-refractivity contribution in [3.05, 3.63) is 148 Å². The second-order valence-corrected chi connectivity index (χ2v) is 21.3. The van der Waals surface area contributed by atoms with E-state index in [1.165, 1.54) is 0 Å². The topological polar surface area (TPSA) is 123 Å². The van der Waals surface area contributed by atoms with Crippen molar-refractivity contribution < 1.29 is 33.7 Å². The third-order valence-electron chi connectivity index (χ3n) is 14.4. The normalized spacial score (nSPS) is 19.8. The zero-order valence-electron chi connectivity index (χ0n) is 41.6. The smallest absolute Gasteiger partial charge is 0.246 e. The first-order chi connectivity index (χ1) is 34.1. The highest BCUT2D eigenvalue weighted by atomic mass is 32.1. The van der Waals surface area contributed by atoms with Crippen LogP contribution in [0.4, 0.5) is 5.69 Å². The fraction of sp³-hybridized carbons (Fsp3) is 0.414. The highest BCUT2D eigenvalue weighted by Gasteiger charge is 2.53. The number of ketones is 2. The van der Waals surface area contributed by atoms with Gasteiger partial charge in [0.1, 0.15) is 17.5 Å². The predicted molar refractivity (Wildman–Crippen MR) is 283 cm³/mol. The maximum atomic E-state index is 14.4. The van der Waals surface area contributed by atoms with Crippen molar-refractivity contribution in [3.63, 3.8) is 0 Å². The highest BCUT2D eigenvalue weighted by molar-refractivity contribution is 7.80. The number of thiocarbonyl (C=S) groups is 1. The lowest BCUT2D eigenvalue weighted by Gasteiger charge is -2.36. The van der Waals surface area contributed by atoms with E-state index in [1.807, 2.05) is 120 Å². The Balaban J connectivity index is 0.812. The predicted octanol–water partition coefficient (Wildman–Crippen LogP) is 11.1. The number of thiazole rings is 1. The van der Waals surface area contributed by atoms with Crippen LogP contribution in [0.2, 0.25) is 0 Å². The molecule has 5 atom stereocenters. The fourth-order valence-electron chi connectivity index (χ4n) is 10.6. The number of hydrogen-bond acceptors (Lipinski definition) is 11. The van der Waals surface area contributed by atoms with E-state index in [0.717, 1.165) is 61.0 Å². The van der Waals surface area contributed by atoms with E-state index in [2.05, 4.69) is 27.4 Å². The molecule has 2 aliphatic heterocycles. The van der Waals surface area contributed by atoms with Gasteiger partial charge in [-0.2, -0.15) is 0 Å². The fourth-order valence-corrected chi connectivity index (χ4v) is 12.1. The summed E-state index contributed by atoms with van der Waals surface area (Å²) in [5, 5.41) is 10.8. The van der Waals surface area contributed by atoms with Crippen molar-refractivity contribution in [2.24, 2.45) is 11.3 Å². The van der Waals surface area contributed by atoms with E-state index in [4.69, 9.17) is 33.0 Å². The van der Waals surface area contributed by atoms with Crippen LogP contribution in [0.15, 0.2) is 97.0 Å². The van der Waals surface area contributed by atoms with E-state index in [0.29, 0.717) is 68.5 Å². The number of benzene rings is 4. The monoisotopic (exact) mass is 992 g/mol. The first-order valence-electron chi connectivity index (χ1n) is 24.7. The molecule has 8 rings (SSSR count). The van der Waals surface area contributed by atoms with Gasteiger partial charge in [-0.05, 0) is 77.8 Å². The number of β-amino-alcohol motifs (C(OH)–C–C–N with tert-alkyl or cyclic N) is 1. The Kier molecular flexibility index (Phi) is 16.0. The number of fused-ring (bicyclic) bond motifs is 1. The average molecular weight is 993 g/mol. The Morgan fingerprint density at radius 2 is 1.69 bits per heavy atom. The SMILES string of the molecule is [C-]#[N+]c1ccc(C2C(=O)C(C)(C)C(c3ccc(OCCCOCCCOc4cc(-c5scnc5C)ccc4CCC(=O)C4C[C@@H](O)CN4C(=O)[C@H](C(C)C)N4Cc5ccccc5C4=C)cc3)C2=S)cc1C. The number of hydrogen-bond donors (Lipinski definition) is 1. The summed E-state index contributed by atoms with van der Waals surface area (Å²) in [4.78, 5) is 55.7.